The van der Waals surface area contributed by atoms with E-state index in [-0.39, 0.29) is 12.1 Å². The highest BCUT2D eigenvalue weighted by atomic mass is 16.4. The van der Waals surface area contributed by atoms with Gasteiger partial charge in [-0.25, -0.2) is 4.79 Å². The minimum Gasteiger partial charge on any atom is -0.481 e. The lowest BCUT2D eigenvalue weighted by atomic mass is 9.76. The first kappa shape index (κ1) is 16.8. The van der Waals surface area contributed by atoms with E-state index in [2.05, 4.69) is 13.8 Å². The van der Waals surface area contributed by atoms with E-state index in [1.165, 1.54) is 0 Å². The summed E-state index contributed by atoms with van der Waals surface area (Å²) in [5.41, 5.74) is -0.635. The standard InChI is InChI=1S/C15H28N2O3/c1-5-7-12(3)16(4)14(20)17-10-8-15(6-2,9-11-17)13(18)19/h12H,5-11H2,1-4H3,(H,18,19). The van der Waals surface area contributed by atoms with Crippen LogP contribution in [0.5, 0.6) is 0 Å². The predicted octanol–water partition coefficient (Wildman–Crippen LogP) is 2.80. The van der Waals surface area contributed by atoms with Crippen molar-refractivity contribution in [3.8, 4) is 0 Å². The Balaban J connectivity index is 2.61. The molecule has 1 rings (SSSR count). The number of piperidine rings is 1. The monoisotopic (exact) mass is 284 g/mol. The maximum atomic E-state index is 12.4. The van der Waals surface area contributed by atoms with Gasteiger partial charge in [-0.1, -0.05) is 20.3 Å². The first-order valence-corrected chi connectivity index (χ1v) is 7.63. The van der Waals surface area contributed by atoms with Crippen molar-refractivity contribution < 1.29 is 14.7 Å². The molecule has 20 heavy (non-hydrogen) atoms. The van der Waals surface area contributed by atoms with Gasteiger partial charge in [0.25, 0.3) is 0 Å². The van der Waals surface area contributed by atoms with Crippen molar-refractivity contribution in [3.05, 3.63) is 0 Å². The Morgan fingerprint density at radius 1 is 1.30 bits per heavy atom. The van der Waals surface area contributed by atoms with Crippen LogP contribution in [-0.4, -0.2) is 53.1 Å². The van der Waals surface area contributed by atoms with Crippen molar-refractivity contribution in [1.29, 1.82) is 0 Å². The Morgan fingerprint density at radius 2 is 1.85 bits per heavy atom. The van der Waals surface area contributed by atoms with Crippen molar-refractivity contribution >= 4 is 12.0 Å². The molecule has 5 heteroatoms. The van der Waals surface area contributed by atoms with Gasteiger partial charge in [0, 0.05) is 26.2 Å². The van der Waals surface area contributed by atoms with Crippen LogP contribution in [0.4, 0.5) is 4.79 Å². The lowest BCUT2D eigenvalue weighted by molar-refractivity contribution is -0.152. The first-order chi connectivity index (χ1) is 9.38. The van der Waals surface area contributed by atoms with Crippen LogP contribution in [-0.2, 0) is 4.79 Å². The number of likely N-dealkylation sites (tertiary alicyclic amines) is 1. The van der Waals surface area contributed by atoms with Gasteiger partial charge in [0.1, 0.15) is 0 Å². The summed E-state index contributed by atoms with van der Waals surface area (Å²) in [6.07, 6.45) is 3.79. The summed E-state index contributed by atoms with van der Waals surface area (Å²) in [5.74, 6) is -0.722. The van der Waals surface area contributed by atoms with Crippen LogP contribution in [0.25, 0.3) is 0 Å². The van der Waals surface area contributed by atoms with Gasteiger partial charge in [-0.3, -0.25) is 4.79 Å². The third-order valence-corrected chi connectivity index (χ3v) is 4.79. The molecule has 1 fully saturated rings. The smallest absolute Gasteiger partial charge is 0.319 e. The van der Waals surface area contributed by atoms with Crippen LogP contribution in [0.2, 0.25) is 0 Å². The molecule has 0 spiro atoms. The molecule has 1 atom stereocenters. The number of carboxylic acids is 1. The largest absolute Gasteiger partial charge is 0.481 e. The number of hydrogen-bond acceptors (Lipinski definition) is 2. The van der Waals surface area contributed by atoms with Gasteiger partial charge in [0.05, 0.1) is 5.41 Å². The predicted molar refractivity (Wildman–Crippen MR) is 78.7 cm³/mol. The summed E-state index contributed by atoms with van der Waals surface area (Å²) >= 11 is 0. The summed E-state index contributed by atoms with van der Waals surface area (Å²) in [6, 6.07) is 0.255. The number of rotatable bonds is 5. The second-order valence-electron chi connectivity index (χ2n) is 5.96. The van der Waals surface area contributed by atoms with Crippen LogP contribution >= 0.6 is 0 Å². The third kappa shape index (κ3) is 3.44. The molecule has 0 aromatic rings. The summed E-state index contributed by atoms with van der Waals surface area (Å²) in [6.45, 7) is 7.17. The Morgan fingerprint density at radius 3 is 2.25 bits per heavy atom. The lowest BCUT2D eigenvalue weighted by Crippen LogP contribution is -2.51. The molecular weight excluding hydrogens is 256 g/mol. The van der Waals surface area contributed by atoms with Gasteiger partial charge in [-0.15, -0.1) is 0 Å². The molecule has 1 heterocycles. The highest BCUT2D eigenvalue weighted by molar-refractivity contribution is 5.77. The van der Waals surface area contributed by atoms with Crippen LogP contribution in [0.3, 0.4) is 0 Å². The Hall–Kier alpha value is -1.26. The van der Waals surface area contributed by atoms with Gasteiger partial charge < -0.3 is 14.9 Å². The molecule has 1 aliphatic rings. The first-order valence-electron chi connectivity index (χ1n) is 7.63. The van der Waals surface area contributed by atoms with Crippen molar-refractivity contribution in [2.45, 2.75) is 58.9 Å². The molecule has 1 unspecified atom stereocenters. The number of carbonyl (C=O) groups is 2. The zero-order valence-corrected chi connectivity index (χ0v) is 13.2. The molecule has 0 bridgehead atoms. The fourth-order valence-corrected chi connectivity index (χ4v) is 2.87. The zero-order chi connectivity index (χ0) is 15.3. The molecule has 2 amide bonds. The zero-order valence-electron chi connectivity index (χ0n) is 13.2. The molecule has 1 N–H and O–H groups in total. The SMILES string of the molecule is CCCC(C)N(C)C(=O)N1CCC(CC)(C(=O)O)CC1. The Kier molecular flexibility index (Phi) is 5.84. The molecule has 116 valence electrons. The summed E-state index contributed by atoms with van der Waals surface area (Å²) in [5, 5.41) is 9.37. The van der Waals surface area contributed by atoms with E-state index in [9.17, 15) is 14.7 Å². The average Bonchev–Trinajstić information content (AvgIpc) is 2.45. The van der Waals surface area contributed by atoms with E-state index < -0.39 is 11.4 Å². The number of carbonyl (C=O) groups excluding carboxylic acids is 1. The van der Waals surface area contributed by atoms with E-state index in [1.807, 2.05) is 14.0 Å². The average molecular weight is 284 g/mol. The normalized spacial score (nSPS) is 19.5. The van der Waals surface area contributed by atoms with E-state index >= 15 is 0 Å². The highest BCUT2D eigenvalue weighted by Crippen LogP contribution is 2.35. The van der Waals surface area contributed by atoms with E-state index in [0.29, 0.717) is 32.4 Å². The van der Waals surface area contributed by atoms with Crippen molar-refractivity contribution in [1.82, 2.24) is 9.80 Å². The fourth-order valence-electron chi connectivity index (χ4n) is 2.87. The molecule has 1 aliphatic heterocycles. The van der Waals surface area contributed by atoms with E-state index in [1.54, 1.807) is 9.80 Å². The molecule has 1 saturated heterocycles. The molecule has 0 saturated carbocycles. The van der Waals surface area contributed by atoms with Crippen molar-refractivity contribution in [3.63, 3.8) is 0 Å². The lowest BCUT2D eigenvalue weighted by Gasteiger charge is -2.40. The Bertz CT molecular complexity index is 349. The second-order valence-corrected chi connectivity index (χ2v) is 5.96. The van der Waals surface area contributed by atoms with Crippen molar-refractivity contribution in [2.24, 2.45) is 5.41 Å². The van der Waals surface area contributed by atoms with Crippen LogP contribution < -0.4 is 0 Å². The number of urea groups is 1. The van der Waals surface area contributed by atoms with Crippen LogP contribution in [0, 0.1) is 5.41 Å². The van der Waals surface area contributed by atoms with Crippen LogP contribution in [0.1, 0.15) is 52.9 Å². The van der Waals surface area contributed by atoms with Gasteiger partial charge >= 0.3 is 12.0 Å². The minimum absolute atomic E-state index is 0.0287. The molecule has 0 aromatic heterocycles. The van der Waals surface area contributed by atoms with E-state index in [0.717, 1.165) is 12.8 Å². The minimum atomic E-state index is -0.722. The van der Waals surface area contributed by atoms with Gasteiger partial charge in [0.2, 0.25) is 0 Å². The van der Waals surface area contributed by atoms with Crippen LogP contribution in [0.15, 0.2) is 0 Å². The van der Waals surface area contributed by atoms with Gasteiger partial charge in [0.15, 0.2) is 0 Å². The van der Waals surface area contributed by atoms with E-state index in [4.69, 9.17) is 0 Å². The quantitative estimate of drug-likeness (QED) is 0.844. The Labute approximate surface area is 121 Å². The third-order valence-electron chi connectivity index (χ3n) is 4.79. The second kappa shape index (κ2) is 6.95. The number of amides is 2. The summed E-state index contributed by atoms with van der Waals surface area (Å²) in [4.78, 5) is 27.4. The van der Waals surface area contributed by atoms with Gasteiger partial charge in [-0.05, 0) is 32.6 Å². The van der Waals surface area contributed by atoms with Gasteiger partial charge in [-0.2, -0.15) is 0 Å². The summed E-state index contributed by atoms with van der Waals surface area (Å²) < 4.78 is 0. The maximum Gasteiger partial charge on any atom is 0.319 e. The molecule has 0 radical (unpaired) electrons. The highest BCUT2D eigenvalue weighted by Gasteiger charge is 2.41. The number of hydrogen-bond donors (Lipinski definition) is 1. The molecule has 0 aliphatic carbocycles. The number of carboxylic acid groups (broad SMARTS) is 1. The molecule has 5 nitrogen and oxygen atoms in total. The molecular formula is C15H28N2O3. The topological polar surface area (TPSA) is 60.9 Å². The fraction of sp³-hybridized carbons (Fsp3) is 0.867. The maximum absolute atomic E-state index is 12.4. The summed E-state index contributed by atoms with van der Waals surface area (Å²) in [7, 11) is 1.83. The molecule has 0 aromatic carbocycles. The van der Waals surface area contributed by atoms with Crippen molar-refractivity contribution in [2.75, 3.05) is 20.1 Å². The number of aliphatic carboxylic acids is 1. The number of nitrogens with zero attached hydrogens (tertiary/aromatic N) is 2.